The van der Waals surface area contributed by atoms with Crippen molar-refractivity contribution in [3.05, 3.63) is 58.1 Å². The van der Waals surface area contributed by atoms with E-state index in [0.29, 0.717) is 17.4 Å². The molecule has 0 atom stereocenters. The van der Waals surface area contributed by atoms with Crippen molar-refractivity contribution in [3.63, 3.8) is 0 Å². The Hall–Kier alpha value is -2.02. The molecule has 0 unspecified atom stereocenters. The average Bonchev–Trinajstić information content (AvgIpc) is 3.09. The predicted octanol–water partition coefficient (Wildman–Crippen LogP) is 5.09. The molecule has 27 heavy (non-hydrogen) atoms. The molecule has 5 nitrogen and oxygen atoms in total. The fourth-order valence-electron chi connectivity index (χ4n) is 3.18. The van der Waals surface area contributed by atoms with Crippen LogP contribution in [0.25, 0.3) is 11.4 Å². The molecule has 2 aromatic carbocycles. The van der Waals surface area contributed by atoms with E-state index < -0.39 is 0 Å². The van der Waals surface area contributed by atoms with Gasteiger partial charge in [-0.05, 0) is 32.0 Å². The van der Waals surface area contributed by atoms with Gasteiger partial charge in [0.1, 0.15) is 5.75 Å². The average molecular weight is 402 g/mol. The van der Waals surface area contributed by atoms with Gasteiger partial charge in [-0.3, -0.25) is 0 Å². The van der Waals surface area contributed by atoms with Crippen LogP contribution in [-0.4, -0.2) is 21.6 Å². The molecule has 1 aliphatic rings. The number of ether oxygens (including phenoxy) is 2. The van der Waals surface area contributed by atoms with Crippen LogP contribution >= 0.6 is 23.4 Å². The van der Waals surface area contributed by atoms with Crippen molar-refractivity contribution in [3.8, 4) is 17.1 Å². The molecular weight excluding hydrogens is 382 g/mol. The molecular formula is C20H20ClN3O2S. The lowest BCUT2D eigenvalue weighted by Crippen LogP contribution is -2.13. The molecule has 0 saturated heterocycles. The van der Waals surface area contributed by atoms with Gasteiger partial charge in [-0.25, -0.2) is 0 Å². The lowest BCUT2D eigenvalue weighted by molar-refractivity contribution is -0.0168. The van der Waals surface area contributed by atoms with Crippen molar-refractivity contribution >= 4 is 23.4 Å². The number of hydrogen-bond donors (Lipinski definition) is 0. The molecule has 0 fully saturated rings. The summed E-state index contributed by atoms with van der Waals surface area (Å²) >= 11 is 7.90. The fraction of sp³-hybridized carbons (Fsp3) is 0.300. The third-order valence-corrected chi connectivity index (χ3v) is 5.65. The molecule has 0 saturated carbocycles. The molecule has 4 rings (SSSR count). The maximum absolute atomic E-state index is 6.27. The summed E-state index contributed by atoms with van der Waals surface area (Å²) in [6.45, 7) is 5.79. The maximum atomic E-state index is 6.27. The second kappa shape index (κ2) is 7.92. The highest BCUT2D eigenvalue weighted by Gasteiger charge is 2.18. The number of thioether (sulfide) groups is 1. The summed E-state index contributed by atoms with van der Waals surface area (Å²) in [6, 6.07) is 12.2. The van der Waals surface area contributed by atoms with Crippen LogP contribution in [0.4, 0.5) is 0 Å². The second-order valence-corrected chi connectivity index (χ2v) is 7.75. The van der Waals surface area contributed by atoms with E-state index in [0.717, 1.165) is 40.0 Å². The van der Waals surface area contributed by atoms with E-state index in [1.165, 1.54) is 5.56 Å². The third-order valence-electron chi connectivity index (χ3n) is 4.42. The van der Waals surface area contributed by atoms with Crippen molar-refractivity contribution in [2.24, 2.45) is 0 Å². The minimum Gasteiger partial charge on any atom is -0.467 e. The Balaban J connectivity index is 1.60. The van der Waals surface area contributed by atoms with Crippen LogP contribution < -0.4 is 4.74 Å². The zero-order chi connectivity index (χ0) is 18.8. The van der Waals surface area contributed by atoms with Crippen molar-refractivity contribution in [1.29, 1.82) is 0 Å². The van der Waals surface area contributed by atoms with Crippen molar-refractivity contribution < 1.29 is 9.47 Å². The molecule has 0 radical (unpaired) electrons. The van der Waals surface area contributed by atoms with Gasteiger partial charge in [0.05, 0.1) is 6.61 Å². The van der Waals surface area contributed by atoms with E-state index in [9.17, 15) is 0 Å². The van der Waals surface area contributed by atoms with Crippen LogP contribution in [0.3, 0.4) is 0 Å². The number of fused-ring (bicyclic) bond motifs is 1. The fourth-order valence-corrected chi connectivity index (χ4v) is 4.42. The minimum absolute atomic E-state index is 0.273. The Labute approximate surface area is 167 Å². The van der Waals surface area contributed by atoms with Crippen molar-refractivity contribution in [2.45, 2.75) is 37.9 Å². The van der Waals surface area contributed by atoms with Gasteiger partial charge in [0.2, 0.25) is 0 Å². The van der Waals surface area contributed by atoms with E-state index in [1.54, 1.807) is 11.8 Å². The Morgan fingerprint density at radius 1 is 1.22 bits per heavy atom. The zero-order valence-corrected chi connectivity index (χ0v) is 16.8. The van der Waals surface area contributed by atoms with E-state index >= 15 is 0 Å². The number of nitrogens with zero attached hydrogens (tertiary/aromatic N) is 3. The minimum atomic E-state index is 0.273. The molecule has 0 spiro atoms. The van der Waals surface area contributed by atoms with Gasteiger partial charge in [-0.2, -0.15) is 0 Å². The van der Waals surface area contributed by atoms with Crippen molar-refractivity contribution in [2.75, 3.05) is 6.79 Å². The third kappa shape index (κ3) is 3.83. The van der Waals surface area contributed by atoms with Gasteiger partial charge >= 0.3 is 0 Å². The van der Waals surface area contributed by atoms with E-state index in [1.807, 2.05) is 18.2 Å². The number of halogens is 1. The maximum Gasteiger partial charge on any atom is 0.191 e. The van der Waals surface area contributed by atoms with Gasteiger partial charge in [0.25, 0.3) is 0 Å². The quantitative estimate of drug-likeness (QED) is 0.557. The summed E-state index contributed by atoms with van der Waals surface area (Å²) < 4.78 is 13.2. The molecule has 1 aliphatic heterocycles. The SMILES string of the molecule is CCn1c(SCc2cc(Cl)cc3c2OCOC3)nnc1-c1cccc(C)c1. The first-order valence-corrected chi connectivity index (χ1v) is 10.2. The van der Waals surface area contributed by atoms with Crippen LogP contribution in [0.1, 0.15) is 23.6 Å². The van der Waals surface area contributed by atoms with Crippen LogP contribution in [0.15, 0.2) is 41.6 Å². The number of benzene rings is 2. The number of hydrogen-bond acceptors (Lipinski definition) is 5. The molecule has 140 valence electrons. The largest absolute Gasteiger partial charge is 0.467 e. The van der Waals surface area contributed by atoms with E-state index in [4.69, 9.17) is 21.1 Å². The lowest BCUT2D eigenvalue weighted by Gasteiger charge is -2.21. The summed E-state index contributed by atoms with van der Waals surface area (Å²) in [4.78, 5) is 0. The molecule has 1 aromatic heterocycles. The zero-order valence-electron chi connectivity index (χ0n) is 15.2. The first-order chi connectivity index (χ1) is 13.2. The van der Waals surface area contributed by atoms with Gasteiger partial charge in [0, 0.05) is 34.0 Å². The first kappa shape index (κ1) is 18.3. The van der Waals surface area contributed by atoms with Gasteiger partial charge in [-0.1, -0.05) is 47.1 Å². The number of aromatic nitrogens is 3. The summed E-state index contributed by atoms with van der Waals surface area (Å²) in [5, 5.41) is 10.4. The Kier molecular flexibility index (Phi) is 5.38. The van der Waals surface area contributed by atoms with Crippen LogP contribution in [0.5, 0.6) is 5.75 Å². The highest BCUT2D eigenvalue weighted by Crippen LogP contribution is 2.35. The van der Waals surface area contributed by atoms with Crippen LogP contribution in [0, 0.1) is 6.92 Å². The molecule has 0 N–H and O–H groups in total. The predicted molar refractivity (Wildman–Crippen MR) is 107 cm³/mol. The summed E-state index contributed by atoms with van der Waals surface area (Å²) in [5.41, 5.74) is 4.32. The Morgan fingerprint density at radius 3 is 2.93 bits per heavy atom. The lowest BCUT2D eigenvalue weighted by atomic mass is 10.1. The summed E-state index contributed by atoms with van der Waals surface area (Å²) in [7, 11) is 0. The number of aryl methyl sites for hydroxylation is 1. The molecule has 7 heteroatoms. The molecule has 2 heterocycles. The summed E-state index contributed by atoms with van der Waals surface area (Å²) in [6.07, 6.45) is 0. The van der Waals surface area contributed by atoms with Crippen LogP contribution in [-0.2, 0) is 23.6 Å². The van der Waals surface area contributed by atoms with Crippen LogP contribution in [0.2, 0.25) is 5.02 Å². The molecule has 0 bridgehead atoms. The number of rotatable bonds is 5. The van der Waals surface area contributed by atoms with Gasteiger partial charge in [0.15, 0.2) is 17.8 Å². The van der Waals surface area contributed by atoms with Crippen molar-refractivity contribution in [1.82, 2.24) is 14.8 Å². The Bertz CT molecular complexity index is 974. The first-order valence-electron chi connectivity index (χ1n) is 8.80. The van der Waals surface area contributed by atoms with Gasteiger partial charge < -0.3 is 14.0 Å². The smallest absolute Gasteiger partial charge is 0.191 e. The standard InChI is InChI=1S/C20H20ClN3O2S/c1-3-24-19(14-6-4-5-13(2)7-14)22-23-20(24)27-11-16-9-17(21)8-15-10-25-12-26-18(15)16/h4-9H,3,10-12H2,1-2H3. The highest BCUT2D eigenvalue weighted by molar-refractivity contribution is 7.98. The topological polar surface area (TPSA) is 49.2 Å². The summed E-state index contributed by atoms with van der Waals surface area (Å²) in [5.74, 6) is 2.47. The second-order valence-electron chi connectivity index (χ2n) is 6.37. The molecule has 0 amide bonds. The molecule has 3 aromatic rings. The Morgan fingerprint density at radius 2 is 2.11 bits per heavy atom. The van der Waals surface area contributed by atoms with E-state index in [-0.39, 0.29) is 6.79 Å². The van der Waals surface area contributed by atoms with Gasteiger partial charge in [-0.15, -0.1) is 10.2 Å². The highest BCUT2D eigenvalue weighted by atomic mass is 35.5. The van der Waals surface area contributed by atoms with E-state index in [2.05, 4.69) is 46.8 Å². The normalized spacial score (nSPS) is 13.3. The molecule has 0 aliphatic carbocycles. The monoisotopic (exact) mass is 401 g/mol.